The predicted octanol–water partition coefficient (Wildman–Crippen LogP) is 4.49. The summed E-state index contributed by atoms with van der Waals surface area (Å²) in [5.41, 5.74) is 1.66. The minimum Gasteiger partial charge on any atom is -0.320 e. The quantitative estimate of drug-likeness (QED) is 0.671. The third-order valence-corrected chi connectivity index (χ3v) is 5.62. The third kappa shape index (κ3) is 4.00. The molecule has 1 aromatic carbocycles. The summed E-state index contributed by atoms with van der Waals surface area (Å²) in [5.74, 6) is 0.329. The highest BCUT2D eigenvalue weighted by molar-refractivity contribution is 7.18. The van der Waals surface area contributed by atoms with Gasteiger partial charge in [-0.2, -0.15) is 0 Å². The van der Waals surface area contributed by atoms with Gasteiger partial charge in [0, 0.05) is 19.6 Å². The molecular formula is C20H17ClN4O2S. The molecule has 0 bridgehead atoms. The van der Waals surface area contributed by atoms with Gasteiger partial charge in [0.1, 0.15) is 5.82 Å². The van der Waals surface area contributed by atoms with Gasteiger partial charge < -0.3 is 10.2 Å². The molecule has 142 valence electrons. The lowest BCUT2D eigenvalue weighted by Gasteiger charge is -2.18. The number of hydrogen-bond acceptors (Lipinski definition) is 4. The highest BCUT2D eigenvalue weighted by Gasteiger charge is 2.30. The van der Waals surface area contributed by atoms with Crippen molar-refractivity contribution in [3.05, 3.63) is 75.6 Å². The second-order valence-electron chi connectivity index (χ2n) is 6.30. The maximum absolute atomic E-state index is 12.7. The topological polar surface area (TPSA) is 65.5 Å². The predicted molar refractivity (Wildman–Crippen MR) is 111 cm³/mol. The van der Waals surface area contributed by atoms with Crippen LogP contribution in [-0.2, 0) is 6.54 Å². The normalized spacial score (nSPS) is 13.8. The highest BCUT2D eigenvalue weighted by Crippen LogP contribution is 2.24. The molecule has 0 atom stereocenters. The van der Waals surface area contributed by atoms with Crippen LogP contribution in [0, 0.1) is 0 Å². The number of nitrogens with one attached hydrogen (secondary N) is 1. The van der Waals surface area contributed by atoms with E-state index in [9.17, 15) is 9.59 Å². The number of carbonyl (C=O) groups excluding carboxylic acids is 2. The van der Waals surface area contributed by atoms with Crippen LogP contribution in [0.3, 0.4) is 0 Å². The van der Waals surface area contributed by atoms with Crippen LogP contribution in [0.2, 0.25) is 4.34 Å². The van der Waals surface area contributed by atoms with Gasteiger partial charge in [0.15, 0.2) is 0 Å². The van der Waals surface area contributed by atoms with Crippen molar-refractivity contribution in [2.45, 2.75) is 6.54 Å². The van der Waals surface area contributed by atoms with Gasteiger partial charge in [-0.3, -0.25) is 9.69 Å². The summed E-state index contributed by atoms with van der Waals surface area (Å²) in [6, 6.07) is 16.7. The molecule has 1 aliphatic heterocycles. The third-order valence-electron chi connectivity index (χ3n) is 4.39. The Morgan fingerprint density at radius 1 is 1.11 bits per heavy atom. The number of nitrogens with zero attached hydrogens (tertiary/aromatic N) is 3. The molecule has 0 saturated carbocycles. The van der Waals surface area contributed by atoms with Crippen LogP contribution in [0.4, 0.5) is 16.3 Å². The number of urea groups is 1. The molecule has 0 aliphatic carbocycles. The van der Waals surface area contributed by atoms with Crippen molar-refractivity contribution < 1.29 is 9.59 Å². The average Bonchev–Trinajstić information content (AvgIpc) is 3.30. The number of halogens is 1. The molecule has 1 saturated heterocycles. The van der Waals surface area contributed by atoms with E-state index in [1.807, 2.05) is 30.3 Å². The van der Waals surface area contributed by atoms with E-state index in [0.717, 1.165) is 5.56 Å². The first kappa shape index (κ1) is 18.5. The van der Waals surface area contributed by atoms with Crippen LogP contribution >= 0.6 is 22.9 Å². The molecule has 1 N–H and O–H groups in total. The molecule has 1 fully saturated rings. The lowest BCUT2D eigenvalue weighted by atomic mass is 10.2. The zero-order valence-electron chi connectivity index (χ0n) is 14.8. The number of carbonyl (C=O) groups is 2. The van der Waals surface area contributed by atoms with E-state index in [0.29, 0.717) is 40.4 Å². The number of pyridine rings is 1. The fourth-order valence-electron chi connectivity index (χ4n) is 2.99. The van der Waals surface area contributed by atoms with Gasteiger partial charge in [0.05, 0.1) is 21.1 Å². The molecule has 1 aliphatic rings. The number of anilines is 2. The molecular weight excluding hydrogens is 396 g/mol. The number of aromatic nitrogens is 1. The maximum atomic E-state index is 12.7. The minimum atomic E-state index is -0.238. The summed E-state index contributed by atoms with van der Waals surface area (Å²) in [4.78, 5) is 33.2. The lowest BCUT2D eigenvalue weighted by Crippen LogP contribution is -2.31. The molecule has 0 unspecified atom stereocenters. The highest BCUT2D eigenvalue weighted by atomic mass is 35.5. The van der Waals surface area contributed by atoms with Gasteiger partial charge in [-0.15, -0.1) is 11.3 Å². The van der Waals surface area contributed by atoms with Crippen LogP contribution in [0.15, 0.2) is 60.8 Å². The fraction of sp³-hybridized carbons (Fsp3) is 0.150. The Kier molecular flexibility index (Phi) is 5.27. The van der Waals surface area contributed by atoms with Gasteiger partial charge in [-0.1, -0.05) is 41.9 Å². The molecule has 4 rings (SSSR count). The molecule has 0 spiro atoms. The van der Waals surface area contributed by atoms with E-state index in [-0.39, 0.29) is 11.9 Å². The van der Waals surface area contributed by atoms with Crippen molar-refractivity contribution in [1.29, 1.82) is 0 Å². The summed E-state index contributed by atoms with van der Waals surface area (Å²) in [5, 5.41) is 2.78. The Morgan fingerprint density at radius 2 is 1.93 bits per heavy atom. The molecule has 6 nitrogen and oxygen atoms in total. The molecule has 3 aromatic rings. The molecule has 2 aromatic heterocycles. The summed E-state index contributed by atoms with van der Waals surface area (Å²) in [7, 11) is 0. The number of hydrogen-bond donors (Lipinski definition) is 1. The Balaban J connectivity index is 1.40. The van der Waals surface area contributed by atoms with Gasteiger partial charge in [-0.05, 0) is 29.8 Å². The molecule has 3 heterocycles. The van der Waals surface area contributed by atoms with E-state index < -0.39 is 0 Å². The van der Waals surface area contributed by atoms with Crippen molar-refractivity contribution >= 4 is 46.4 Å². The van der Waals surface area contributed by atoms with Crippen molar-refractivity contribution in [3.63, 3.8) is 0 Å². The van der Waals surface area contributed by atoms with Crippen molar-refractivity contribution in [3.8, 4) is 0 Å². The van der Waals surface area contributed by atoms with Crippen LogP contribution in [0.5, 0.6) is 0 Å². The monoisotopic (exact) mass is 412 g/mol. The van der Waals surface area contributed by atoms with E-state index in [4.69, 9.17) is 11.6 Å². The van der Waals surface area contributed by atoms with Crippen molar-refractivity contribution in [1.82, 2.24) is 9.88 Å². The molecule has 3 amide bonds. The standard InChI is InChI=1S/C20H17ClN4O2S/c21-17-8-7-16(28-17)19(26)23-15-6-9-18(22-12-15)25-11-10-24(20(25)27)13-14-4-2-1-3-5-14/h1-9,12H,10-11,13H2,(H,23,26). The first-order valence-electron chi connectivity index (χ1n) is 8.73. The lowest BCUT2D eigenvalue weighted by molar-refractivity contribution is 0.103. The summed E-state index contributed by atoms with van der Waals surface area (Å²) in [6.45, 7) is 1.80. The molecule has 8 heteroatoms. The maximum Gasteiger partial charge on any atom is 0.326 e. The first-order valence-corrected chi connectivity index (χ1v) is 9.93. The first-order chi connectivity index (χ1) is 13.6. The van der Waals surface area contributed by atoms with E-state index in [1.165, 1.54) is 11.3 Å². The smallest absolute Gasteiger partial charge is 0.320 e. The van der Waals surface area contributed by atoms with Crippen LogP contribution < -0.4 is 10.2 Å². The second-order valence-corrected chi connectivity index (χ2v) is 8.02. The van der Waals surface area contributed by atoms with Gasteiger partial charge in [0.2, 0.25) is 0 Å². The van der Waals surface area contributed by atoms with Crippen molar-refractivity contribution in [2.24, 2.45) is 0 Å². The Morgan fingerprint density at radius 3 is 2.61 bits per heavy atom. The zero-order chi connectivity index (χ0) is 19.5. The average molecular weight is 413 g/mol. The Hall–Kier alpha value is -2.90. The summed E-state index contributed by atoms with van der Waals surface area (Å²) < 4.78 is 0.561. The Labute approximate surface area is 171 Å². The van der Waals surface area contributed by atoms with E-state index >= 15 is 0 Å². The van der Waals surface area contributed by atoms with E-state index in [2.05, 4.69) is 10.3 Å². The molecule has 28 heavy (non-hydrogen) atoms. The van der Waals surface area contributed by atoms with Crippen LogP contribution in [0.1, 0.15) is 15.2 Å². The number of rotatable bonds is 5. The zero-order valence-corrected chi connectivity index (χ0v) is 16.4. The van der Waals surface area contributed by atoms with Gasteiger partial charge in [0.25, 0.3) is 5.91 Å². The van der Waals surface area contributed by atoms with Gasteiger partial charge in [-0.25, -0.2) is 9.78 Å². The van der Waals surface area contributed by atoms with Crippen molar-refractivity contribution in [2.75, 3.05) is 23.3 Å². The van der Waals surface area contributed by atoms with Crippen LogP contribution in [0.25, 0.3) is 0 Å². The molecule has 0 radical (unpaired) electrons. The van der Waals surface area contributed by atoms with Gasteiger partial charge >= 0.3 is 6.03 Å². The minimum absolute atomic E-state index is 0.0682. The second kappa shape index (κ2) is 8.00. The van der Waals surface area contributed by atoms with E-state index in [1.54, 1.807) is 40.3 Å². The van der Waals surface area contributed by atoms with Crippen LogP contribution in [-0.4, -0.2) is 34.9 Å². The number of thiophene rings is 1. The summed E-state index contributed by atoms with van der Waals surface area (Å²) in [6.07, 6.45) is 1.55. The summed E-state index contributed by atoms with van der Waals surface area (Å²) >= 11 is 7.08. The SMILES string of the molecule is O=C(Nc1ccc(N2CCN(Cc3ccccc3)C2=O)nc1)c1ccc(Cl)s1. The Bertz CT molecular complexity index is 991. The fourth-order valence-corrected chi connectivity index (χ4v) is 3.93. The largest absolute Gasteiger partial charge is 0.326 e. The number of benzene rings is 1. The number of amides is 3.